The molecule has 1 aromatic carbocycles. The number of allylic oxidation sites excluding steroid dienone is 1. The van der Waals surface area contributed by atoms with E-state index in [9.17, 15) is 9.59 Å². The molecule has 1 heterocycles. The molecule has 94 valence electrons. The summed E-state index contributed by atoms with van der Waals surface area (Å²) >= 11 is 0. The number of benzene rings is 1. The molecule has 0 saturated carbocycles. The molecule has 1 aliphatic heterocycles. The van der Waals surface area contributed by atoms with Crippen molar-refractivity contribution in [2.24, 2.45) is 0 Å². The Morgan fingerprint density at radius 1 is 1.06 bits per heavy atom. The molecule has 0 spiro atoms. The number of hydrogen-bond donors (Lipinski definition) is 1. The van der Waals surface area contributed by atoms with Gasteiger partial charge in [-0.15, -0.1) is 0 Å². The lowest BCUT2D eigenvalue weighted by molar-refractivity contribution is 0.0653. The van der Waals surface area contributed by atoms with Crippen LogP contribution < -0.4 is 0 Å². The number of nitrogens with zero attached hydrogens (tertiary/aromatic N) is 1. The summed E-state index contributed by atoms with van der Waals surface area (Å²) < 4.78 is 0. The van der Waals surface area contributed by atoms with Crippen LogP contribution in [-0.4, -0.2) is 35.0 Å². The van der Waals surface area contributed by atoms with Crippen LogP contribution in [0.1, 0.15) is 33.6 Å². The van der Waals surface area contributed by atoms with Crippen molar-refractivity contribution < 1.29 is 14.7 Å². The van der Waals surface area contributed by atoms with Gasteiger partial charge in [0.1, 0.15) is 0 Å². The van der Waals surface area contributed by atoms with Crippen molar-refractivity contribution in [3.05, 3.63) is 47.5 Å². The first-order valence-electron chi connectivity index (χ1n) is 5.97. The van der Waals surface area contributed by atoms with Gasteiger partial charge in [-0.3, -0.25) is 14.5 Å². The van der Waals surface area contributed by atoms with E-state index in [0.29, 0.717) is 24.1 Å². The van der Waals surface area contributed by atoms with Gasteiger partial charge in [0, 0.05) is 6.54 Å². The minimum atomic E-state index is -0.207. The van der Waals surface area contributed by atoms with E-state index in [1.807, 2.05) is 6.08 Å². The van der Waals surface area contributed by atoms with Crippen LogP contribution in [0.5, 0.6) is 0 Å². The van der Waals surface area contributed by atoms with E-state index in [1.165, 1.54) is 4.90 Å². The predicted molar refractivity (Wildman–Crippen MR) is 67.3 cm³/mol. The molecule has 0 aliphatic carbocycles. The number of aliphatic hydroxyl groups is 1. The smallest absolute Gasteiger partial charge is 0.261 e. The highest BCUT2D eigenvalue weighted by molar-refractivity contribution is 6.21. The zero-order valence-electron chi connectivity index (χ0n) is 10.0. The Morgan fingerprint density at radius 3 is 2.22 bits per heavy atom. The van der Waals surface area contributed by atoms with Crippen molar-refractivity contribution in [2.75, 3.05) is 13.2 Å². The molecule has 2 rings (SSSR count). The highest BCUT2D eigenvalue weighted by Crippen LogP contribution is 2.22. The second-order valence-corrected chi connectivity index (χ2v) is 4.10. The lowest BCUT2D eigenvalue weighted by atomic mass is 10.1. The number of imide groups is 1. The number of fused-ring (bicyclic) bond motifs is 1. The number of hydrogen-bond acceptors (Lipinski definition) is 3. The van der Waals surface area contributed by atoms with Crippen molar-refractivity contribution in [1.29, 1.82) is 0 Å². The molecule has 18 heavy (non-hydrogen) atoms. The number of unbranched alkanes of at least 4 members (excludes halogenated alkanes) is 1. The van der Waals surface area contributed by atoms with E-state index in [-0.39, 0.29) is 18.4 Å². The van der Waals surface area contributed by atoms with Gasteiger partial charge >= 0.3 is 0 Å². The number of carbonyl (C=O) groups is 2. The van der Waals surface area contributed by atoms with Crippen molar-refractivity contribution in [3.63, 3.8) is 0 Å². The van der Waals surface area contributed by atoms with Crippen LogP contribution in [0.4, 0.5) is 0 Å². The summed E-state index contributed by atoms with van der Waals surface area (Å²) in [6, 6.07) is 6.89. The fraction of sp³-hybridized carbons (Fsp3) is 0.286. The zero-order valence-corrected chi connectivity index (χ0v) is 10.0. The first kappa shape index (κ1) is 12.5. The van der Waals surface area contributed by atoms with Crippen LogP contribution in [-0.2, 0) is 0 Å². The van der Waals surface area contributed by atoms with E-state index in [4.69, 9.17) is 5.11 Å². The molecule has 1 aromatic rings. The molecular formula is C14H15NO3. The maximum atomic E-state index is 12.0. The number of carbonyl (C=O) groups excluding carboxylic acids is 2. The molecular weight excluding hydrogens is 230 g/mol. The van der Waals surface area contributed by atoms with E-state index in [2.05, 4.69) is 0 Å². The largest absolute Gasteiger partial charge is 0.392 e. The Kier molecular flexibility index (Phi) is 3.89. The predicted octanol–water partition coefficient (Wildman–Crippen LogP) is 1.61. The van der Waals surface area contributed by atoms with Crippen LogP contribution in [0, 0.1) is 0 Å². The fourth-order valence-corrected chi connectivity index (χ4v) is 2.00. The summed E-state index contributed by atoms with van der Waals surface area (Å²) in [6.07, 6.45) is 4.95. The molecule has 0 bridgehead atoms. The zero-order chi connectivity index (χ0) is 13.0. The quantitative estimate of drug-likeness (QED) is 0.487. The highest BCUT2D eigenvalue weighted by Gasteiger charge is 2.34. The average Bonchev–Trinajstić information content (AvgIpc) is 2.64. The summed E-state index contributed by atoms with van der Waals surface area (Å²) in [5.41, 5.74) is 0.988. The monoisotopic (exact) mass is 245 g/mol. The van der Waals surface area contributed by atoms with Crippen molar-refractivity contribution in [2.45, 2.75) is 12.8 Å². The second kappa shape index (κ2) is 5.60. The van der Waals surface area contributed by atoms with Crippen molar-refractivity contribution in [3.8, 4) is 0 Å². The number of aliphatic hydroxyl groups excluding tert-OH is 1. The van der Waals surface area contributed by atoms with Gasteiger partial charge in [0.15, 0.2) is 0 Å². The van der Waals surface area contributed by atoms with Gasteiger partial charge in [-0.25, -0.2) is 0 Å². The van der Waals surface area contributed by atoms with Crippen LogP contribution in [0.3, 0.4) is 0 Å². The summed E-state index contributed by atoms with van der Waals surface area (Å²) in [4.78, 5) is 25.2. The van der Waals surface area contributed by atoms with E-state index >= 15 is 0 Å². The van der Waals surface area contributed by atoms with Gasteiger partial charge in [-0.2, -0.15) is 0 Å². The molecule has 0 aromatic heterocycles. The standard InChI is InChI=1S/C14H15NO3/c16-10-6-2-1-5-9-15-13(17)11-7-3-4-8-12(11)14(15)18/h2-4,6-8,16H,1,5,9-10H2/b6-2+. The molecule has 1 N–H and O–H groups in total. The Morgan fingerprint density at radius 2 is 1.67 bits per heavy atom. The van der Waals surface area contributed by atoms with E-state index in [1.54, 1.807) is 30.3 Å². The Labute approximate surface area is 106 Å². The summed E-state index contributed by atoms with van der Waals surface area (Å²) in [6.45, 7) is 0.440. The van der Waals surface area contributed by atoms with Gasteiger partial charge < -0.3 is 5.11 Å². The molecule has 1 aliphatic rings. The molecule has 2 amide bonds. The Hall–Kier alpha value is -1.94. The van der Waals surface area contributed by atoms with Gasteiger partial charge in [-0.1, -0.05) is 24.3 Å². The van der Waals surface area contributed by atoms with Gasteiger partial charge in [0.05, 0.1) is 17.7 Å². The van der Waals surface area contributed by atoms with Crippen LogP contribution >= 0.6 is 0 Å². The normalized spacial score (nSPS) is 14.6. The molecule has 0 fully saturated rings. The topological polar surface area (TPSA) is 57.6 Å². The number of rotatable bonds is 5. The molecule has 0 saturated heterocycles. The van der Waals surface area contributed by atoms with Crippen LogP contribution in [0.15, 0.2) is 36.4 Å². The van der Waals surface area contributed by atoms with E-state index in [0.717, 1.165) is 6.42 Å². The minimum Gasteiger partial charge on any atom is -0.392 e. The third-order valence-electron chi connectivity index (χ3n) is 2.90. The summed E-state index contributed by atoms with van der Waals surface area (Å²) in [7, 11) is 0. The highest BCUT2D eigenvalue weighted by atomic mass is 16.2. The van der Waals surface area contributed by atoms with Crippen molar-refractivity contribution >= 4 is 11.8 Å². The van der Waals surface area contributed by atoms with Crippen LogP contribution in [0.25, 0.3) is 0 Å². The van der Waals surface area contributed by atoms with Gasteiger partial charge in [-0.05, 0) is 25.0 Å². The molecule has 0 unspecified atom stereocenters. The summed E-state index contributed by atoms with van der Waals surface area (Å²) in [5, 5.41) is 8.57. The first-order chi connectivity index (χ1) is 8.75. The lowest BCUT2D eigenvalue weighted by Crippen LogP contribution is -2.30. The van der Waals surface area contributed by atoms with Crippen molar-refractivity contribution in [1.82, 2.24) is 4.90 Å². The summed E-state index contributed by atoms with van der Waals surface area (Å²) in [5.74, 6) is -0.413. The first-order valence-corrected chi connectivity index (χ1v) is 5.97. The Bertz CT molecular complexity index is 459. The Balaban J connectivity index is 1.99. The molecule has 0 atom stereocenters. The number of amides is 2. The maximum Gasteiger partial charge on any atom is 0.261 e. The lowest BCUT2D eigenvalue weighted by Gasteiger charge is -2.12. The van der Waals surface area contributed by atoms with Gasteiger partial charge in [0.25, 0.3) is 11.8 Å². The van der Waals surface area contributed by atoms with E-state index < -0.39 is 0 Å². The SMILES string of the molecule is O=C1c2ccccc2C(=O)N1CCC/C=C/CO. The maximum absolute atomic E-state index is 12.0. The minimum absolute atomic E-state index is 0.0208. The molecule has 0 radical (unpaired) electrons. The van der Waals surface area contributed by atoms with Gasteiger partial charge in [0.2, 0.25) is 0 Å². The molecule has 4 heteroatoms. The fourth-order valence-electron chi connectivity index (χ4n) is 2.00. The average molecular weight is 245 g/mol. The second-order valence-electron chi connectivity index (χ2n) is 4.10. The van der Waals surface area contributed by atoms with Crippen LogP contribution in [0.2, 0.25) is 0 Å². The third kappa shape index (κ3) is 2.33. The third-order valence-corrected chi connectivity index (χ3v) is 2.90. The molecule has 4 nitrogen and oxygen atoms in total.